The van der Waals surface area contributed by atoms with Crippen LogP contribution in [-0.4, -0.2) is 28.3 Å². The lowest BCUT2D eigenvalue weighted by Gasteiger charge is -2.23. The summed E-state index contributed by atoms with van der Waals surface area (Å²) >= 11 is 1.25. The van der Waals surface area contributed by atoms with Gasteiger partial charge in [0.05, 0.1) is 28.4 Å². The van der Waals surface area contributed by atoms with Gasteiger partial charge in [0, 0.05) is 24.8 Å². The summed E-state index contributed by atoms with van der Waals surface area (Å²) in [6.07, 6.45) is 1.80. The maximum absolute atomic E-state index is 13.7. The highest BCUT2D eigenvalue weighted by molar-refractivity contribution is 7.22. The van der Waals surface area contributed by atoms with Gasteiger partial charge in [0.15, 0.2) is 5.13 Å². The summed E-state index contributed by atoms with van der Waals surface area (Å²) in [7, 11) is 0. The number of para-hydroxylation sites is 1. The molecule has 8 heteroatoms. The molecule has 0 radical (unpaired) electrons. The SMILES string of the molecule is O=C1C[C@@H](C(=O)N(Cc2ccccn2)c2nc3ccc(F)cc3s2)CN1c1ccccc1. The van der Waals surface area contributed by atoms with Crippen LogP contribution in [0.2, 0.25) is 0 Å². The van der Waals surface area contributed by atoms with Crippen LogP contribution in [0, 0.1) is 11.7 Å². The van der Waals surface area contributed by atoms with Gasteiger partial charge in [0.1, 0.15) is 5.82 Å². The Morgan fingerprint density at radius 3 is 2.72 bits per heavy atom. The zero-order valence-corrected chi connectivity index (χ0v) is 17.8. The predicted octanol–water partition coefficient (Wildman–Crippen LogP) is 4.42. The summed E-state index contributed by atoms with van der Waals surface area (Å²) in [5.74, 6) is -1.13. The lowest BCUT2D eigenvalue weighted by atomic mass is 10.1. The molecule has 32 heavy (non-hydrogen) atoms. The Kier molecular flexibility index (Phi) is 5.36. The molecule has 2 amide bonds. The Morgan fingerprint density at radius 1 is 1.12 bits per heavy atom. The minimum Gasteiger partial charge on any atom is -0.312 e. The second-order valence-corrected chi connectivity index (χ2v) is 8.60. The summed E-state index contributed by atoms with van der Waals surface area (Å²) in [6, 6.07) is 19.2. The van der Waals surface area contributed by atoms with Gasteiger partial charge in [-0.1, -0.05) is 35.6 Å². The molecule has 0 spiro atoms. The monoisotopic (exact) mass is 446 g/mol. The van der Waals surface area contributed by atoms with E-state index in [1.54, 1.807) is 22.1 Å². The number of carbonyl (C=O) groups is 2. The summed E-state index contributed by atoms with van der Waals surface area (Å²) in [6.45, 7) is 0.526. The zero-order chi connectivity index (χ0) is 22.1. The Balaban J connectivity index is 1.47. The first-order chi connectivity index (χ1) is 15.6. The van der Waals surface area contributed by atoms with Crippen molar-refractivity contribution in [3.63, 3.8) is 0 Å². The fraction of sp³-hybridized carbons (Fsp3) is 0.167. The average Bonchev–Trinajstić information content (AvgIpc) is 3.41. The van der Waals surface area contributed by atoms with Crippen molar-refractivity contribution in [1.82, 2.24) is 9.97 Å². The number of aromatic nitrogens is 2. The smallest absolute Gasteiger partial charge is 0.234 e. The predicted molar refractivity (Wildman–Crippen MR) is 122 cm³/mol. The van der Waals surface area contributed by atoms with Crippen molar-refractivity contribution in [2.24, 2.45) is 5.92 Å². The molecule has 0 aliphatic carbocycles. The van der Waals surface area contributed by atoms with Crippen molar-refractivity contribution in [3.8, 4) is 0 Å². The van der Waals surface area contributed by atoms with Crippen molar-refractivity contribution in [1.29, 1.82) is 0 Å². The molecule has 1 fully saturated rings. The standard InChI is InChI=1S/C24H19FN4O2S/c25-17-9-10-20-21(13-17)32-24(27-20)29(15-18-6-4-5-11-26-18)23(31)16-12-22(30)28(14-16)19-7-2-1-3-8-19/h1-11,13,16H,12,14-15H2/t16-/m1/s1. The van der Waals surface area contributed by atoms with Crippen LogP contribution in [0.3, 0.4) is 0 Å². The van der Waals surface area contributed by atoms with Crippen LogP contribution in [0.15, 0.2) is 72.9 Å². The molecule has 1 aliphatic rings. The number of fused-ring (bicyclic) bond motifs is 1. The third-order valence-corrected chi connectivity index (χ3v) is 6.47. The summed E-state index contributed by atoms with van der Waals surface area (Å²) in [5, 5.41) is 0.465. The van der Waals surface area contributed by atoms with E-state index in [9.17, 15) is 14.0 Å². The Labute approximate surface area is 187 Å². The lowest BCUT2D eigenvalue weighted by molar-refractivity contribution is -0.124. The number of benzene rings is 2. The largest absolute Gasteiger partial charge is 0.312 e. The van der Waals surface area contributed by atoms with Crippen LogP contribution in [0.4, 0.5) is 15.2 Å². The van der Waals surface area contributed by atoms with Gasteiger partial charge >= 0.3 is 0 Å². The molecule has 0 saturated carbocycles. The van der Waals surface area contributed by atoms with Crippen LogP contribution < -0.4 is 9.80 Å². The van der Waals surface area contributed by atoms with E-state index < -0.39 is 5.92 Å². The first-order valence-electron chi connectivity index (χ1n) is 10.2. The Bertz CT molecular complexity index is 1280. The molecule has 160 valence electrons. The molecule has 1 aliphatic heterocycles. The van der Waals surface area contributed by atoms with Crippen molar-refractivity contribution >= 4 is 44.2 Å². The van der Waals surface area contributed by atoms with E-state index in [4.69, 9.17) is 0 Å². The van der Waals surface area contributed by atoms with Gasteiger partial charge < -0.3 is 4.90 Å². The second-order valence-electron chi connectivity index (χ2n) is 7.59. The quantitative estimate of drug-likeness (QED) is 0.455. The number of anilines is 2. The highest BCUT2D eigenvalue weighted by Crippen LogP contribution is 2.33. The second kappa shape index (κ2) is 8.47. The molecule has 3 heterocycles. The van der Waals surface area contributed by atoms with E-state index in [1.165, 1.54) is 23.5 Å². The van der Waals surface area contributed by atoms with E-state index in [2.05, 4.69) is 9.97 Å². The molecular weight excluding hydrogens is 427 g/mol. The molecular formula is C24H19FN4O2S. The number of pyridine rings is 1. The van der Waals surface area contributed by atoms with Gasteiger partial charge in [-0.2, -0.15) is 0 Å². The van der Waals surface area contributed by atoms with E-state index in [-0.39, 0.29) is 30.6 Å². The van der Waals surface area contributed by atoms with E-state index in [0.717, 1.165) is 5.69 Å². The fourth-order valence-electron chi connectivity index (χ4n) is 3.85. The summed E-state index contributed by atoms with van der Waals surface area (Å²) in [4.78, 5) is 38.4. The van der Waals surface area contributed by atoms with Crippen molar-refractivity contribution in [2.45, 2.75) is 13.0 Å². The normalized spacial score (nSPS) is 16.0. The highest BCUT2D eigenvalue weighted by atomic mass is 32.1. The molecule has 6 nitrogen and oxygen atoms in total. The first kappa shape index (κ1) is 20.3. The number of halogens is 1. The molecule has 0 N–H and O–H groups in total. The number of carbonyl (C=O) groups excluding carboxylic acids is 2. The van der Waals surface area contributed by atoms with Crippen LogP contribution in [0.1, 0.15) is 12.1 Å². The maximum Gasteiger partial charge on any atom is 0.234 e. The van der Waals surface area contributed by atoms with Crippen LogP contribution in [0.5, 0.6) is 0 Å². The molecule has 5 rings (SSSR count). The van der Waals surface area contributed by atoms with Crippen molar-refractivity contribution < 1.29 is 14.0 Å². The van der Waals surface area contributed by atoms with Crippen LogP contribution >= 0.6 is 11.3 Å². The molecule has 2 aromatic carbocycles. The van der Waals surface area contributed by atoms with Crippen molar-refractivity contribution in [3.05, 3.63) is 84.4 Å². The number of hydrogen-bond donors (Lipinski definition) is 0. The van der Waals surface area contributed by atoms with Crippen molar-refractivity contribution in [2.75, 3.05) is 16.3 Å². The third kappa shape index (κ3) is 3.97. The Morgan fingerprint density at radius 2 is 1.94 bits per heavy atom. The molecule has 2 aromatic heterocycles. The van der Waals surface area contributed by atoms with Crippen LogP contribution in [0.25, 0.3) is 10.2 Å². The molecule has 1 atom stereocenters. The number of amides is 2. The van der Waals surface area contributed by atoms with Gasteiger partial charge in [0.2, 0.25) is 11.8 Å². The number of hydrogen-bond acceptors (Lipinski definition) is 5. The first-order valence-corrected chi connectivity index (χ1v) is 11.0. The van der Waals surface area contributed by atoms with Gasteiger partial charge in [-0.15, -0.1) is 0 Å². The van der Waals surface area contributed by atoms with Gasteiger partial charge in [-0.25, -0.2) is 9.37 Å². The number of rotatable bonds is 5. The molecule has 1 saturated heterocycles. The maximum atomic E-state index is 13.7. The van der Waals surface area contributed by atoms with Gasteiger partial charge in [-0.05, 0) is 42.5 Å². The topological polar surface area (TPSA) is 66.4 Å². The molecule has 0 bridgehead atoms. The fourth-order valence-corrected chi connectivity index (χ4v) is 4.84. The average molecular weight is 447 g/mol. The van der Waals surface area contributed by atoms with Gasteiger partial charge in [-0.3, -0.25) is 19.5 Å². The zero-order valence-electron chi connectivity index (χ0n) is 17.0. The minimum atomic E-state index is -0.504. The molecule has 4 aromatic rings. The highest BCUT2D eigenvalue weighted by Gasteiger charge is 2.38. The third-order valence-electron chi connectivity index (χ3n) is 5.42. The van der Waals surface area contributed by atoms with Crippen LogP contribution in [-0.2, 0) is 16.1 Å². The van der Waals surface area contributed by atoms with E-state index in [0.29, 0.717) is 27.6 Å². The number of nitrogens with zero attached hydrogens (tertiary/aromatic N) is 4. The van der Waals surface area contributed by atoms with Gasteiger partial charge in [0.25, 0.3) is 0 Å². The van der Waals surface area contributed by atoms with E-state index >= 15 is 0 Å². The Hall–Kier alpha value is -3.65. The van der Waals surface area contributed by atoms with E-state index in [1.807, 2.05) is 48.5 Å². The summed E-state index contributed by atoms with van der Waals surface area (Å²) < 4.78 is 14.4. The lowest BCUT2D eigenvalue weighted by Crippen LogP contribution is -2.37. The minimum absolute atomic E-state index is 0.0845. The number of thiazole rings is 1. The summed E-state index contributed by atoms with van der Waals surface area (Å²) in [5.41, 5.74) is 2.11. The molecule has 0 unspecified atom stereocenters.